The zero-order valence-corrected chi connectivity index (χ0v) is 23.2. The van der Waals surface area contributed by atoms with Crippen molar-refractivity contribution >= 4 is 47.0 Å². The first-order chi connectivity index (χ1) is 15.2. The molecule has 0 bridgehead atoms. The van der Waals surface area contributed by atoms with Crippen molar-refractivity contribution in [3.05, 3.63) is 98.5 Å². The number of hydrogen-bond acceptors (Lipinski definition) is 4. The largest absolute Gasteiger partial charge is 0.343 e. The van der Waals surface area contributed by atoms with Crippen LogP contribution in [-0.4, -0.2) is 47.0 Å². The normalized spacial score (nSPS) is 8.42. The zero-order chi connectivity index (χ0) is 24.8. The van der Waals surface area contributed by atoms with Crippen molar-refractivity contribution in [1.82, 2.24) is 0 Å². The van der Waals surface area contributed by atoms with E-state index in [0.29, 0.717) is 11.1 Å². The number of rotatable bonds is 8. The molecule has 0 saturated heterocycles. The predicted octanol–water partition coefficient (Wildman–Crippen LogP) is 6.19. The first kappa shape index (κ1) is 35.3. The molecule has 0 heterocycles. The molecular weight excluding hydrogens is 519 g/mol. The Balaban J connectivity index is -0.000000405. The Bertz CT molecular complexity index is 699. The summed E-state index contributed by atoms with van der Waals surface area (Å²) >= 11 is 0. The van der Waals surface area contributed by atoms with E-state index in [9.17, 15) is 19.2 Å². The summed E-state index contributed by atoms with van der Waals surface area (Å²) < 4.78 is 0. The number of Topliss-reactive ketones (excluding diaryl/α,β-unsaturated/α-hetero) is 4. The van der Waals surface area contributed by atoms with E-state index in [1.165, 1.54) is 26.7 Å². The maximum absolute atomic E-state index is 11.2. The van der Waals surface area contributed by atoms with Crippen molar-refractivity contribution in [2.45, 2.75) is 53.4 Å². The Morgan fingerprint density at radius 2 is 0.879 bits per heavy atom. The molecule has 33 heavy (non-hydrogen) atoms. The van der Waals surface area contributed by atoms with Crippen LogP contribution < -0.4 is 0 Å². The van der Waals surface area contributed by atoms with Crippen molar-refractivity contribution in [3.63, 3.8) is 0 Å². The van der Waals surface area contributed by atoms with Gasteiger partial charge in [-0.2, -0.15) is 12.8 Å². The van der Waals surface area contributed by atoms with Gasteiger partial charge in [0.25, 0.3) is 0 Å². The molecule has 2 rings (SSSR count). The molecule has 0 aliphatic carbocycles. The maximum atomic E-state index is 11.2. The molecular formula is C28H36O4Sn-4. The van der Waals surface area contributed by atoms with Crippen LogP contribution in [0.25, 0.3) is 0 Å². The van der Waals surface area contributed by atoms with Gasteiger partial charge in [0.05, 0.1) is 11.6 Å². The fraction of sp³-hybridized carbons (Fsp3) is 0.286. The molecule has 0 saturated carbocycles. The second kappa shape index (κ2) is 24.3. The summed E-state index contributed by atoms with van der Waals surface area (Å²) in [6, 6.07) is 17.4. The van der Waals surface area contributed by atoms with E-state index in [4.69, 9.17) is 0 Å². The Morgan fingerprint density at radius 1 is 0.636 bits per heavy atom. The number of unbranched alkanes of at least 4 members (excludes halogenated alkanes) is 2. The topological polar surface area (TPSA) is 68.3 Å². The van der Waals surface area contributed by atoms with Crippen LogP contribution in [0.15, 0.2) is 60.7 Å². The van der Waals surface area contributed by atoms with Gasteiger partial charge < -0.3 is 33.0 Å². The van der Waals surface area contributed by atoms with E-state index in [-0.39, 0.29) is 47.0 Å². The molecule has 0 aliphatic heterocycles. The average Bonchev–Trinajstić information content (AvgIpc) is 2.80. The van der Waals surface area contributed by atoms with Gasteiger partial charge in [0.2, 0.25) is 0 Å². The second-order valence-electron chi connectivity index (χ2n) is 6.68. The molecule has 0 aromatic heterocycles. The van der Waals surface area contributed by atoms with Gasteiger partial charge in [-0.05, 0) is 13.8 Å². The minimum absolute atomic E-state index is 0. The van der Waals surface area contributed by atoms with Gasteiger partial charge in [-0.1, -0.05) is 63.1 Å². The molecule has 0 atom stereocenters. The Labute approximate surface area is 217 Å². The predicted molar refractivity (Wildman–Crippen MR) is 138 cm³/mol. The summed E-state index contributed by atoms with van der Waals surface area (Å²) in [6.45, 7) is 14.2. The molecule has 4 nitrogen and oxygen atoms in total. The average molecular weight is 555 g/mol. The van der Waals surface area contributed by atoms with E-state index >= 15 is 0 Å². The monoisotopic (exact) mass is 556 g/mol. The van der Waals surface area contributed by atoms with Crippen LogP contribution in [0, 0.1) is 26.7 Å². The molecule has 0 fully saturated rings. The standard InChI is InChI=1S/2C10H9O2.2C4H9.Sn/c2*1-8(11)7-10(12)9-5-3-2-4-6-9;2*1-3-4-2;/h2*2-7H,1H3;2*1,3-4H2,2H3;/q4*-1;. The van der Waals surface area contributed by atoms with Crippen molar-refractivity contribution < 1.29 is 19.2 Å². The van der Waals surface area contributed by atoms with Gasteiger partial charge in [0.1, 0.15) is 0 Å². The van der Waals surface area contributed by atoms with Crippen molar-refractivity contribution in [3.8, 4) is 0 Å². The molecule has 0 amide bonds. The summed E-state index contributed by atoms with van der Waals surface area (Å²) in [5, 5.41) is 0. The summed E-state index contributed by atoms with van der Waals surface area (Å²) in [5.74, 6) is -0.904. The smallest absolute Gasteiger partial charge is 0.0768 e. The van der Waals surface area contributed by atoms with Crippen molar-refractivity contribution in [1.29, 1.82) is 0 Å². The molecule has 0 N–H and O–H groups in total. The summed E-state index contributed by atoms with van der Waals surface area (Å²) in [7, 11) is 0. The van der Waals surface area contributed by atoms with E-state index in [0.717, 1.165) is 25.7 Å². The molecule has 180 valence electrons. The van der Waals surface area contributed by atoms with E-state index in [1.807, 2.05) is 12.1 Å². The summed E-state index contributed by atoms with van der Waals surface area (Å²) in [6.07, 6.45) is 6.74. The Hall–Kier alpha value is -2.34. The molecule has 5 heteroatoms. The molecule has 0 unspecified atom stereocenters. The van der Waals surface area contributed by atoms with Crippen molar-refractivity contribution in [2.75, 3.05) is 0 Å². The number of carbonyl (C=O) groups excluding carboxylic acids is 4. The minimum atomic E-state index is -0.233. The molecule has 4 radical (unpaired) electrons. The van der Waals surface area contributed by atoms with Crippen LogP contribution in [0.2, 0.25) is 0 Å². The fourth-order valence-electron chi connectivity index (χ4n) is 1.74. The first-order valence-electron chi connectivity index (χ1n) is 10.7. The first-order valence-corrected chi connectivity index (χ1v) is 10.7. The van der Waals surface area contributed by atoms with Gasteiger partial charge in [0.15, 0.2) is 0 Å². The number of hydrogen-bond donors (Lipinski definition) is 0. The van der Waals surface area contributed by atoms with Gasteiger partial charge in [-0.25, -0.2) is 0 Å². The maximum Gasteiger partial charge on any atom is 0.0768 e. The molecule has 2 aromatic rings. The number of benzene rings is 2. The minimum Gasteiger partial charge on any atom is -0.343 e. The van der Waals surface area contributed by atoms with Crippen LogP contribution >= 0.6 is 0 Å². The molecule has 0 aliphatic rings. The fourth-order valence-corrected chi connectivity index (χ4v) is 1.74. The van der Waals surface area contributed by atoms with Crippen LogP contribution in [0.4, 0.5) is 0 Å². The zero-order valence-electron chi connectivity index (χ0n) is 20.3. The third kappa shape index (κ3) is 22.6. The Kier molecular flexibility index (Phi) is 26.0. The van der Waals surface area contributed by atoms with Gasteiger partial charge in [-0.15, -0.1) is 48.2 Å². The third-order valence-electron chi connectivity index (χ3n) is 3.49. The summed E-state index contributed by atoms with van der Waals surface area (Å²) in [5.41, 5.74) is 1.10. The number of carbonyl (C=O) groups is 4. The molecule has 0 spiro atoms. The van der Waals surface area contributed by atoms with E-state index in [1.54, 1.807) is 48.5 Å². The second-order valence-corrected chi connectivity index (χ2v) is 6.68. The van der Waals surface area contributed by atoms with Crippen LogP contribution in [0.1, 0.15) is 74.1 Å². The Morgan fingerprint density at radius 3 is 1.06 bits per heavy atom. The van der Waals surface area contributed by atoms with E-state index < -0.39 is 0 Å². The van der Waals surface area contributed by atoms with Crippen LogP contribution in [0.5, 0.6) is 0 Å². The van der Waals surface area contributed by atoms with Gasteiger partial charge in [-0.3, -0.25) is 0 Å². The summed E-state index contributed by atoms with van der Waals surface area (Å²) in [4.78, 5) is 43.5. The van der Waals surface area contributed by atoms with E-state index in [2.05, 4.69) is 27.7 Å². The van der Waals surface area contributed by atoms with Gasteiger partial charge in [0, 0.05) is 35.5 Å². The van der Waals surface area contributed by atoms with Crippen LogP contribution in [-0.2, 0) is 9.59 Å². The van der Waals surface area contributed by atoms with Crippen molar-refractivity contribution in [2.24, 2.45) is 0 Å². The third-order valence-corrected chi connectivity index (χ3v) is 3.49. The van der Waals surface area contributed by atoms with Crippen LogP contribution in [0.3, 0.4) is 0 Å². The SMILES string of the molecule is CC(=O)[CH-]C(=O)c1ccccc1.CC(=O)[CH-]C(=O)c1ccccc1.[CH2-]CCC.[CH2-]CCC.[Sn]. The quantitative estimate of drug-likeness (QED) is 0.169. The number of ketones is 4. The van der Waals surface area contributed by atoms with Gasteiger partial charge >= 0.3 is 0 Å². The molecule has 2 aromatic carbocycles.